The van der Waals surface area contributed by atoms with E-state index >= 15 is 0 Å². The zero-order valence-electron chi connectivity index (χ0n) is 21.7. The largest absolute Gasteiger partial charge is 0.480 e. The van der Waals surface area contributed by atoms with Crippen molar-refractivity contribution in [3.63, 3.8) is 0 Å². The lowest BCUT2D eigenvalue weighted by molar-refractivity contribution is -0.142. The topological polar surface area (TPSA) is 194 Å². The fraction of sp³-hybridized carbons (Fsp3) is 0.370. The Hall–Kier alpha value is -3.90. The number of nitrogens with two attached hydrogens (primary N) is 2. The highest BCUT2D eigenvalue weighted by atomic mass is 32.2. The van der Waals surface area contributed by atoms with Crippen molar-refractivity contribution in [2.45, 2.75) is 49.9 Å². The zero-order chi connectivity index (χ0) is 28.8. The first kappa shape index (κ1) is 31.3. The molecule has 0 aliphatic heterocycles. The van der Waals surface area contributed by atoms with Crippen LogP contribution in [0, 0.1) is 0 Å². The van der Waals surface area contributed by atoms with Crippen LogP contribution in [0.2, 0.25) is 0 Å². The second-order valence-electron chi connectivity index (χ2n) is 8.96. The van der Waals surface area contributed by atoms with Gasteiger partial charge in [-0.2, -0.15) is 11.8 Å². The number of carboxylic acid groups (broad SMARTS) is 1. The van der Waals surface area contributed by atoms with E-state index in [0.717, 1.165) is 5.56 Å². The molecule has 2 aromatic carbocycles. The van der Waals surface area contributed by atoms with Crippen LogP contribution in [-0.4, -0.2) is 70.9 Å². The van der Waals surface area contributed by atoms with Gasteiger partial charge in [-0.1, -0.05) is 60.7 Å². The number of thioether (sulfide) groups is 1. The monoisotopic (exact) mass is 557 g/mol. The van der Waals surface area contributed by atoms with Crippen LogP contribution in [0.5, 0.6) is 0 Å². The number of amides is 4. The SMILES string of the molecule is CSCCC(NC(=O)C(CC(N)=O)NC(=O)C(N)Cc1ccccc1)C(=O)NC(Cc1ccccc1)C(=O)O. The lowest BCUT2D eigenvalue weighted by Crippen LogP contribution is -2.58. The smallest absolute Gasteiger partial charge is 0.326 e. The molecule has 0 saturated heterocycles. The number of benzene rings is 2. The van der Waals surface area contributed by atoms with Gasteiger partial charge in [0.2, 0.25) is 23.6 Å². The van der Waals surface area contributed by atoms with Gasteiger partial charge in [-0.25, -0.2) is 4.79 Å². The zero-order valence-corrected chi connectivity index (χ0v) is 22.5. The third-order valence-electron chi connectivity index (χ3n) is 5.81. The van der Waals surface area contributed by atoms with E-state index < -0.39 is 60.2 Å². The Morgan fingerprint density at radius 2 is 1.26 bits per heavy atom. The van der Waals surface area contributed by atoms with E-state index in [0.29, 0.717) is 11.3 Å². The van der Waals surface area contributed by atoms with Crippen LogP contribution in [-0.2, 0) is 36.8 Å². The highest BCUT2D eigenvalue weighted by molar-refractivity contribution is 7.98. The highest BCUT2D eigenvalue weighted by Gasteiger charge is 2.31. The summed E-state index contributed by atoms with van der Waals surface area (Å²) < 4.78 is 0. The van der Waals surface area contributed by atoms with Crippen molar-refractivity contribution >= 4 is 41.4 Å². The van der Waals surface area contributed by atoms with E-state index in [-0.39, 0.29) is 19.3 Å². The third-order valence-corrected chi connectivity index (χ3v) is 6.46. The number of hydrogen-bond acceptors (Lipinski definition) is 7. The van der Waals surface area contributed by atoms with Gasteiger partial charge in [-0.3, -0.25) is 19.2 Å². The minimum absolute atomic E-state index is 0.0464. The molecule has 8 N–H and O–H groups in total. The van der Waals surface area contributed by atoms with E-state index in [9.17, 15) is 29.1 Å². The maximum atomic E-state index is 13.1. The molecule has 0 aliphatic rings. The van der Waals surface area contributed by atoms with E-state index in [1.807, 2.05) is 12.3 Å². The van der Waals surface area contributed by atoms with Crippen molar-refractivity contribution in [2.24, 2.45) is 11.5 Å². The van der Waals surface area contributed by atoms with Crippen LogP contribution in [0.15, 0.2) is 60.7 Å². The number of primary amides is 1. The predicted octanol–water partition coefficient (Wildman–Crippen LogP) is -0.0334. The lowest BCUT2D eigenvalue weighted by atomic mass is 10.0. The molecule has 2 aromatic rings. The molecule has 0 aliphatic carbocycles. The van der Waals surface area contributed by atoms with Crippen molar-refractivity contribution in [1.29, 1.82) is 0 Å². The summed E-state index contributed by atoms with van der Waals surface area (Å²) in [6.45, 7) is 0. The molecule has 4 unspecified atom stereocenters. The van der Waals surface area contributed by atoms with Crippen LogP contribution >= 0.6 is 11.8 Å². The number of carbonyl (C=O) groups is 5. The molecular weight excluding hydrogens is 522 g/mol. The van der Waals surface area contributed by atoms with Gasteiger partial charge in [-0.15, -0.1) is 0 Å². The second kappa shape index (κ2) is 16.1. The molecule has 2 rings (SSSR count). The van der Waals surface area contributed by atoms with E-state index in [1.165, 1.54) is 11.8 Å². The van der Waals surface area contributed by atoms with Crippen molar-refractivity contribution in [3.05, 3.63) is 71.8 Å². The molecule has 0 saturated carbocycles. The standard InChI is InChI=1S/C27H35N5O6S/c1-39-13-12-20(25(35)32-22(27(37)38)15-18-10-6-3-7-11-18)30-26(36)21(16-23(29)33)31-24(34)19(28)14-17-8-4-2-5-9-17/h2-11,19-22H,12-16,28H2,1H3,(H2,29,33)(H,30,36)(H,31,34)(H,32,35)(H,37,38). The maximum absolute atomic E-state index is 13.1. The molecule has 11 nitrogen and oxygen atoms in total. The molecule has 12 heteroatoms. The minimum Gasteiger partial charge on any atom is -0.480 e. The summed E-state index contributed by atoms with van der Waals surface area (Å²) in [5.41, 5.74) is 12.8. The minimum atomic E-state index is -1.37. The molecule has 0 radical (unpaired) electrons. The van der Waals surface area contributed by atoms with E-state index in [2.05, 4.69) is 16.0 Å². The van der Waals surface area contributed by atoms with Crippen molar-refractivity contribution in [1.82, 2.24) is 16.0 Å². The Morgan fingerprint density at radius 1 is 0.769 bits per heavy atom. The Balaban J connectivity index is 2.11. The number of nitrogens with one attached hydrogen (secondary N) is 3. The Labute approximate surface area is 231 Å². The van der Waals surface area contributed by atoms with Gasteiger partial charge in [0.05, 0.1) is 12.5 Å². The molecular formula is C27H35N5O6S. The van der Waals surface area contributed by atoms with Crippen molar-refractivity contribution in [3.8, 4) is 0 Å². The van der Waals surface area contributed by atoms with Crippen LogP contribution in [0.25, 0.3) is 0 Å². The van der Waals surface area contributed by atoms with Gasteiger partial charge in [0.1, 0.15) is 18.1 Å². The average Bonchev–Trinajstić information content (AvgIpc) is 2.90. The second-order valence-corrected chi connectivity index (χ2v) is 9.95. The van der Waals surface area contributed by atoms with Crippen molar-refractivity contribution < 1.29 is 29.1 Å². The summed E-state index contributed by atoms with van der Waals surface area (Å²) in [7, 11) is 0. The number of rotatable bonds is 16. The summed E-state index contributed by atoms with van der Waals surface area (Å²) in [4.78, 5) is 62.4. The normalized spacial score (nSPS) is 13.8. The van der Waals surface area contributed by atoms with E-state index in [4.69, 9.17) is 11.5 Å². The maximum Gasteiger partial charge on any atom is 0.326 e. The van der Waals surface area contributed by atoms with Gasteiger partial charge < -0.3 is 32.5 Å². The summed E-state index contributed by atoms with van der Waals surface area (Å²) >= 11 is 1.43. The number of carboxylic acids is 1. The quantitative estimate of drug-likeness (QED) is 0.165. The predicted molar refractivity (Wildman–Crippen MR) is 149 cm³/mol. The van der Waals surface area contributed by atoms with Gasteiger partial charge >= 0.3 is 5.97 Å². The van der Waals surface area contributed by atoms with Gasteiger partial charge in [0.15, 0.2) is 0 Å². The van der Waals surface area contributed by atoms with Crippen LogP contribution < -0.4 is 27.4 Å². The Kier molecular flexibility index (Phi) is 13.0. The van der Waals surface area contributed by atoms with Gasteiger partial charge in [0.25, 0.3) is 0 Å². The first-order valence-electron chi connectivity index (χ1n) is 12.3. The highest BCUT2D eigenvalue weighted by Crippen LogP contribution is 2.08. The molecule has 210 valence electrons. The Bertz CT molecular complexity index is 1120. The summed E-state index contributed by atoms with van der Waals surface area (Å²) in [5.74, 6) is -3.78. The van der Waals surface area contributed by atoms with Crippen LogP contribution in [0.1, 0.15) is 24.0 Å². The average molecular weight is 558 g/mol. The molecule has 0 bridgehead atoms. The molecule has 0 aromatic heterocycles. The fourth-order valence-corrected chi connectivity index (χ4v) is 4.22. The van der Waals surface area contributed by atoms with Gasteiger partial charge in [0, 0.05) is 6.42 Å². The molecule has 0 fully saturated rings. The molecule has 0 spiro atoms. The first-order valence-corrected chi connectivity index (χ1v) is 13.7. The number of carbonyl (C=O) groups excluding carboxylic acids is 4. The molecule has 39 heavy (non-hydrogen) atoms. The summed E-state index contributed by atoms with van der Waals surface area (Å²) in [6.07, 6.45) is 1.73. The number of hydrogen-bond donors (Lipinski definition) is 6. The fourth-order valence-electron chi connectivity index (χ4n) is 3.75. The lowest BCUT2D eigenvalue weighted by Gasteiger charge is -2.25. The summed E-state index contributed by atoms with van der Waals surface area (Å²) in [6, 6.07) is 13.1. The van der Waals surface area contributed by atoms with Gasteiger partial charge in [-0.05, 0) is 36.0 Å². The molecule has 4 amide bonds. The number of aliphatic carboxylic acids is 1. The van der Waals surface area contributed by atoms with E-state index in [1.54, 1.807) is 54.6 Å². The summed E-state index contributed by atoms with van der Waals surface area (Å²) in [5, 5.41) is 17.1. The first-order chi connectivity index (χ1) is 18.6. The Morgan fingerprint density at radius 3 is 1.77 bits per heavy atom. The van der Waals surface area contributed by atoms with Crippen molar-refractivity contribution in [2.75, 3.05) is 12.0 Å². The molecule has 0 heterocycles. The molecule has 4 atom stereocenters. The third kappa shape index (κ3) is 11.2. The van der Waals surface area contributed by atoms with Crippen LogP contribution in [0.3, 0.4) is 0 Å². The van der Waals surface area contributed by atoms with Crippen LogP contribution in [0.4, 0.5) is 0 Å².